The lowest BCUT2D eigenvalue weighted by molar-refractivity contribution is 0.0951. The van der Waals surface area contributed by atoms with Gasteiger partial charge in [0.25, 0.3) is 5.91 Å². The summed E-state index contributed by atoms with van der Waals surface area (Å²) in [7, 11) is -0.947. The van der Waals surface area contributed by atoms with Gasteiger partial charge in [0, 0.05) is 24.5 Å². The molecule has 0 atom stereocenters. The zero-order chi connectivity index (χ0) is 17.2. The molecule has 0 saturated carbocycles. The summed E-state index contributed by atoms with van der Waals surface area (Å²) < 4.78 is 6.92. The molecule has 0 saturated heterocycles. The topological polar surface area (TPSA) is 76.4 Å². The van der Waals surface area contributed by atoms with E-state index in [-0.39, 0.29) is 5.91 Å². The normalized spacial score (nSPS) is 12.9. The third-order valence-electron chi connectivity index (χ3n) is 4.23. The predicted octanol–water partition coefficient (Wildman–Crippen LogP) is 1.02. The third kappa shape index (κ3) is 3.19. The van der Waals surface area contributed by atoms with Crippen LogP contribution in [0.5, 0.6) is 0 Å². The first-order valence-electron chi connectivity index (χ1n) is 8.00. The van der Waals surface area contributed by atoms with E-state index in [0.717, 1.165) is 16.8 Å². The molecule has 0 aliphatic carbocycles. The largest absolute Gasteiger partial charge is 0.491 e. The number of nitrogens with zero attached hydrogens (tertiary/aromatic N) is 2. The maximum absolute atomic E-state index is 12.3. The fraction of sp³-hybridized carbons (Fsp3) is 0.111. The second-order valence-electron chi connectivity index (χ2n) is 5.88. The van der Waals surface area contributed by atoms with Crippen LogP contribution in [0.4, 0.5) is 0 Å². The van der Waals surface area contributed by atoms with E-state index in [0.29, 0.717) is 24.2 Å². The molecule has 1 aliphatic heterocycles. The van der Waals surface area contributed by atoms with Crippen molar-refractivity contribution in [3.63, 3.8) is 0 Å². The quantitative estimate of drug-likeness (QED) is 0.699. The van der Waals surface area contributed by atoms with Crippen LogP contribution in [-0.4, -0.2) is 27.8 Å². The molecule has 4 rings (SSSR count). The Balaban J connectivity index is 1.41. The SMILES string of the molecule is O=C(NCc1ccc(-n2cccn2)cc1)c1ccc2c(c1)B(O)OC2. The molecule has 2 aromatic carbocycles. The van der Waals surface area contributed by atoms with E-state index >= 15 is 0 Å². The van der Waals surface area contributed by atoms with Gasteiger partial charge in [-0.2, -0.15) is 5.10 Å². The van der Waals surface area contributed by atoms with Gasteiger partial charge < -0.3 is 15.0 Å². The van der Waals surface area contributed by atoms with Crippen LogP contribution in [0.1, 0.15) is 21.5 Å². The third-order valence-corrected chi connectivity index (χ3v) is 4.23. The summed E-state index contributed by atoms with van der Waals surface area (Å²) in [5, 5.41) is 16.8. The van der Waals surface area contributed by atoms with Gasteiger partial charge in [-0.25, -0.2) is 4.68 Å². The summed E-state index contributed by atoms with van der Waals surface area (Å²) in [6, 6.07) is 14.9. The number of hydrogen-bond acceptors (Lipinski definition) is 4. The first kappa shape index (κ1) is 15.6. The summed E-state index contributed by atoms with van der Waals surface area (Å²) in [5.74, 6) is -0.182. The maximum atomic E-state index is 12.3. The molecule has 25 heavy (non-hydrogen) atoms. The molecule has 2 N–H and O–H groups in total. The molecule has 1 aromatic heterocycles. The molecule has 1 amide bonds. The highest BCUT2D eigenvalue weighted by molar-refractivity contribution is 6.61. The molecule has 0 spiro atoms. The van der Waals surface area contributed by atoms with Gasteiger partial charge in [0.15, 0.2) is 0 Å². The number of amides is 1. The average molecular weight is 333 g/mol. The van der Waals surface area contributed by atoms with Crippen LogP contribution < -0.4 is 10.8 Å². The summed E-state index contributed by atoms with van der Waals surface area (Å²) >= 11 is 0. The van der Waals surface area contributed by atoms with Gasteiger partial charge in [-0.3, -0.25) is 4.79 Å². The van der Waals surface area contributed by atoms with Gasteiger partial charge >= 0.3 is 7.12 Å². The Kier molecular flexibility index (Phi) is 4.09. The van der Waals surface area contributed by atoms with E-state index in [1.165, 1.54) is 0 Å². The first-order chi connectivity index (χ1) is 12.2. The molecule has 0 bridgehead atoms. The Hall–Kier alpha value is -2.90. The number of nitrogens with one attached hydrogen (secondary N) is 1. The minimum Gasteiger partial charge on any atom is -0.423 e. The minimum absolute atomic E-state index is 0.182. The molecule has 2 heterocycles. The maximum Gasteiger partial charge on any atom is 0.491 e. The summed E-state index contributed by atoms with van der Waals surface area (Å²) in [6.07, 6.45) is 3.61. The number of benzene rings is 2. The van der Waals surface area contributed by atoms with Crippen LogP contribution in [0.25, 0.3) is 5.69 Å². The molecule has 0 fully saturated rings. The second kappa shape index (κ2) is 6.54. The van der Waals surface area contributed by atoms with Crippen LogP contribution >= 0.6 is 0 Å². The minimum atomic E-state index is -0.947. The molecule has 1 aliphatic rings. The molecular formula is C18H16BN3O3. The number of carbonyl (C=O) groups is 1. The Morgan fingerprint density at radius 2 is 2.12 bits per heavy atom. The Labute approximate surface area is 145 Å². The highest BCUT2D eigenvalue weighted by Crippen LogP contribution is 2.12. The number of aromatic nitrogens is 2. The van der Waals surface area contributed by atoms with E-state index in [1.807, 2.05) is 42.6 Å². The number of rotatable bonds is 4. The van der Waals surface area contributed by atoms with Crippen LogP contribution in [0, 0.1) is 0 Å². The van der Waals surface area contributed by atoms with Crippen molar-refractivity contribution in [2.24, 2.45) is 0 Å². The second-order valence-corrected chi connectivity index (χ2v) is 5.88. The van der Waals surface area contributed by atoms with Crippen molar-refractivity contribution in [1.29, 1.82) is 0 Å². The van der Waals surface area contributed by atoms with E-state index in [1.54, 1.807) is 23.0 Å². The van der Waals surface area contributed by atoms with Crippen molar-refractivity contribution in [2.75, 3.05) is 0 Å². The van der Waals surface area contributed by atoms with Gasteiger partial charge in [0.1, 0.15) is 0 Å². The van der Waals surface area contributed by atoms with Gasteiger partial charge in [-0.1, -0.05) is 18.2 Å². The van der Waals surface area contributed by atoms with Crippen LogP contribution in [0.3, 0.4) is 0 Å². The smallest absolute Gasteiger partial charge is 0.423 e. The van der Waals surface area contributed by atoms with E-state index in [9.17, 15) is 9.82 Å². The summed E-state index contributed by atoms with van der Waals surface area (Å²) in [6.45, 7) is 0.801. The fourth-order valence-corrected chi connectivity index (χ4v) is 2.83. The van der Waals surface area contributed by atoms with Crippen molar-refractivity contribution in [2.45, 2.75) is 13.2 Å². The highest BCUT2D eigenvalue weighted by Gasteiger charge is 2.27. The van der Waals surface area contributed by atoms with Crippen molar-refractivity contribution in [3.05, 3.63) is 77.6 Å². The zero-order valence-electron chi connectivity index (χ0n) is 13.4. The van der Waals surface area contributed by atoms with Crippen molar-refractivity contribution < 1.29 is 14.5 Å². The number of fused-ring (bicyclic) bond motifs is 1. The molecule has 6 nitrogen and oxygen atoms in total. The first-order valence-corrected chi connectivity index (χ1v) is 8.00. The monoisotopic (exact) mass is 333 g/mol. The Morgan fingerprint density at radius 1 is 1.28 bits per heavy atom. The summed E-state index contributed by atoms with van der Waals surface area (Å²) in [4.78, 5) is 12.3. The predicted molar refractivity (Wildman–Crippen MR) is 93.6 cm³/mol. The van der Waals surface area contributed by atoms with Gasteiger partial charge in [-0.05, 0) is 46.9 Å². The summed E-state index contributed by atoms with van der Waals surface area (Å²) in [5.41, 5.74) is 4.05. The molecule has 124 valence electrons. The molecule has 7 heteroatoms. The average Bonchev–Trinajstić information content (AvgIpc) is 3.30. The van der Waals surface area contributed by atoms with Crippen molar-refractivity contribution in [1.82, 2.24) is 15.1 Å². The van der Waals surface area contributed by atoms with Gasteiger partial charge in [0.05, 0.1) is 12.3 Å². The number of hydrogen-bond donors (Lipinski definition) is 2. The zero-order valence-corrected chi connectivity index (χ0v) is 13.4. The molecule has 0 radical (unpaired) electrons. The van der Waals surface area contributed by atoms with Gasteiger partial charge in [-0.15, -0.1) is 0 Å². The van der Waals surface area contributed by atoms with Crippen LogP contribution in [-0.2, 0) is 17.8 Å². The Bertz CT molecular complexity index is 894. The lowest BCUT2D eigenvalue weighted by Gasteiger charge is -2.08. The lowest BCUT2D eigenvalue weighted by atomic mass is 9.79. The molecule has 0 unspecified atom stereocenters. The van der Waals surface area contributed by atoms with Crippen molar-refractivity contribution >= 4 is 18.5 Å². The molecule has 3 aromatic rings. The standard InChI is InChI=1S/C18H16BN3O3/c23-18(14-4-5-15-12-25-19(24)17(15)10-14)20-11-13-2-6-16(7-3-13)22-9-1-8-21-22/h1-10,24H,11-12H2,(H,20,23). The van der Waals surface area contributed by atoms with Crippen LogP contribution in [0.2, 0.25) is 0 Å². The van der Waals surface area contributed by atoms with E-state index in [4.69, 9.17) is 4.65 Å². The molecular weight excluding hydrogens is 317 g/mol. The van der Waals surface area contributed by atoms with Crippen LogP contribution in [0.15, 0.2) is 60.9 Å². The highest BCUT2D eigenvalue weighted by atomic mass is 16.5. The van der Waals surface area contributed by atoms with E-state index < -0.39 is 7.12 Å². The Morgan fingerprint density at radius 3 is 2.88 bits per heavy atom. The lowest BCUT2D eigenvalue weighted by Crippen LogP contribution is -2.30. The van der Waals surface area contributed by atoms with Gasteiger partial charge in [0.2, 0.25) is 0 Å². The fourth-order valence-electron chi connectivity index (χ4n) is 2.83. The van der Waals surface area contributed by atoms with E-state index in [2.05, 4.69) is 10.4 Å². The van der Waals surface area contributed by atoms with Crippen molar-refractivity contribution in [3.8, 4) is 5.69 Å². The number of carbonyl (C=O) groups excluding carboxylic acids is 1.